The van der Waals surface area contributed by atoms with Crippen LogP contribution in [0.25, 0.3) is 10.2 Å². The molecule has 3 rings (SSSR count). The first-order valence-electron chi connectivity index (χ1n) is 9.30. The van der Waals surface area contributed by atoms with Crippen molar-refractivity contribution in [2.45, 2.75) is 20.8 Å². The van der Waals surface area contributed by atoms with Gasteiger partial charge in [0.2, 0.25) is 0 Å². The van der Waals surface area contributed by atoms with Gasteiger partial charge in [-0.2, -0.15) is 0 Å². The van der Waals surface area contributed by atoms with Gasteiger partial charge in [-0.05, 0) is 49.8 Å². The van der Waals surface area contributed by atoms with E-state index in [0.717, 1.165) is 41.0 Å². The maximum atomic E-state index is 14.3. The number of carbonyl (C=O) groups excluding carboxylic acids is 1. The summed E-state index contributed by atoms with van der Waals surface area (Å²) in [6, 6.07) is 9.28. The second kappa shape index (κ2) is 10.1. The average Bonchev–Trinajstić information content (AvgIpc) is 3.07. The molecule has 0 saturated heterocycles. The molecule has 4 nitrogen and oxygen atoms in total. The van der Waals surface area contributed by atoms with Crippen molar-refractivity contribution in [1.29, 1.82) is 0 Å². The molecule has 0 radical (unpaired) electrons. The molecule has 29 heavy (non-hydrogen) atoms. The van der Waals surface area contributed by atoms with Gasteiger partial charge in [-0.1, -0.05) is 37.3 Å². The molecular weight excluding hydrogens is 416 g/mol. The highest BCUT2D eigenvalue weighted by Crippen LogP contribution is 2.31. The molecule has 0 spiro atoms. The number of aryl methyl sites for hydroxylation is 1. The molecule has 0 saturated carbocycles. The molecule has 1 heterocycles. The Morgan fingerprint density at radius 1 is 1.07 bits per heavy atom. The third-order valence-electron chi connectivity index (χ3n) is 4.72. The molecule has 0 aliphatic heterocycles. The minimum absolute atomic E-state index is 0. The zero-order valence-corrected chi connectivity index (χ0v) is 18.2. The number of amides is 1. The Kier molecular flexibility index (Phi) is 8.07. The fourth-order valence-corrected chi connectivity index (χ4v) is 4.13. The third kappa shape index (κ3) is 5.10. The van der Waals surface area contributed by atoms with Gasteiger partial charge in [-0.3, -0.25) is 9.69 Å². The number of benzene rings is 2. The maximum absolute atomic E-state index is 14.3. The van der Waals surface area contributed by atoms with Crippen molar-refractivity contribution < 1.29 is 13.6 Å². The van der Waals surface area contributed by atoms with Gasteiger partial charge in [0.25, 0.3) is 5.91 Å². The zero-order valence-electron chi connectivity index (χ0n) is 16.6. The first kappa shape index (κ1) is 23.2. The number of thiazole rings is 1. The molecule has 0 atom stereocenters. The molecule has 0 unspecified atom stereocenters. The van der Waals surface area contributed by atoms with Crippen molar-refractivity contribution >= 4 is 45.0 Å². The van der Waals surface area contributed by atoms with Crippen LogP contribution in [-0.2, 0) is 0 Å². The Hall–Kier alpha value is -2.09. The summed E-state index contributed by atoms with van der Waals surface area (Å²) in [5.74, 6) is -2.44. The summed E-state index contributed by atoms with van der Waals surface area (Å²) in [7, 11) is 0. The van der Waals surface area contributed by atoms with E-state index in [1.807, 2.05) is 39.0 Å². The SMILES string of the molecule is CCN(CC)CCN(C(=O)c1c(F)cccc1F)c1nc2ccc(C)cc2s1.Cl. The monoisotopic (exact) mass is 439 g/mol. The average molecular weight is 440 g/mol. The van der Waals surface area contributed by atoms with Crippen LogP contribution in [0.1, 0.15) is 29.8 Å². The largest absolute Gasteiger partial charge is 0.302 e. The summed E-state index contributed by atoms with van der Waals surface area (Å²) in [6.07, 6.45) is 0. The summed E-state index contributed by atoms with van der Waals surface area (Å²) in [5, 5.41) is 0.445. The number of fused-ring (bicyclic) bond motifs is 1. The van der Waals surface area contributed by atoms with E-state index in [4.69, 9.17) is 0 Å². The molecule has 0 bridgehead atoms. The molecule has 0 aliphatic rings. The molecule has 3 aromatic rings. The minimum Gasteiger partial charge on any atom is -0.302 e. The van der Waals surface area contributed by atoms with Crippen molar-refractivity contribution in [3.63, 3.8) is 0 Å². The molecule has 0 fully saturated rings. The van der Waals surface area contributed by atoms with Crippen LogP contribution in [0.4, 0.5) is 13.9 Å². The summed E-state index contributed by atoms with van der Waals surface area (Å²) in [4.78, 5) is 21.2. The van der Waals surface area contributed by atoms with Crippen LogP contribution >= 0.6 is 23.7 Å². The number of likely N-dealkylation sites (N-methyl/N-ethyl adjacent to an activating group) is 1. The van der Waals surface area contributed by atoms with Crippen molar-refractivity contribution in [2.75, 3.05) is 31.1 Å². The predicted molar refractivity (Wildman–Crippen MR) is 117 cm³/mol. The van der Waals surface area contributed by atoms with E-state index < -0.39 is 23.1 Å². The number of halogens is 3. The van der Waals surface area contributed by atoms with Crippen molar-refractivity contribution in [3.05, 3.63) is 59.2 Å². The molecule has 0 aliphatic carbocycles. The topological polar surface area (TPSA) is 36.4 Å². The first-order chi connectivity index (χ1) is 13.4. The second-order valence-corrected chi connectivity index (χ2v) is 7.56. The van der Waals surface area contributed by atoms with Gasteiger partial charge in [0.15, 0.2) is 5.13 Å². The second-order valence-electron chi connectivity index (χ2n) is 6.55. The Morgan fingerprint density at radius 2 is 1.72 bits per heavy atom. The predicted octanol–water partition coefficient (Wildman–Crippen LogP) is 5.29. The lowest BCUT2D eigenvalue weighted by Crippen LogP contribution is -2.39. The van der Waals surface area contributed by atoms with E-state index in [-0.39, 0.29) is 12.4 Å². The van der Waals surface area contributed by atoms with Gasteiger partial charge >= 0.3 is 0 Å². The summed E-state index contributed by atoms with van der Waals surface area (Å²) in [6.45, 7) is 8.59. The highest BCUT2D eigenvalue weighted by atomic mass is 35.5. The van der Waals surface area contributed by atoms with Crippen molar-refractivity contribution in [2.24, 2.45) is 0 Å². The smallest absolute Gasteiger partial charge is 0.266 e. The number of hydrogen-bond acceptors (Lipinski definition) is 4. The van der Waals surface area contributed by atoms with Gasteiger partial charge in [-0.15, -0.1) is 12.4 Å². The van der Waals surface area contributed by atoms with Crippen molar-refractivity contribution in [1.82, 2.24) is 9.88 Å². The Labute approximate surface area is 179 Å². The Morgan fingerprint density at radius 3 is 2.34 bits per heavy atom. The van der Waals surface area contributed by atoms with Crippen LogP contribution in [0.3, 0.4) is 0 Å². The van der Waals surface area contributed by atoms with E-state index in [9.17, 15) is 13.6 Å². The fourth-order valence-electron chi connectivity index (χ4n) is 3.04. The lowest BCUT2D eigenvalue weighted by Gasteiger charge is -2.25. The normalized spacial score (nSPS) is 11.0. The van der Waals surface area contributed by atoms with Crippen LogP contribution < -0.4 is 4.90 Å². The van der Waals surface area contributed by atoms with Crippen molar-refractivity contribution in [3.8, 4) is 0 Å². The lowest BCUT2D eigenvalue weighted by molar-refractivity contribution is 0.0975. The van der Waals surface area contributed by atoms with Gasteiger partial charge in [0.1, 0.15) is 17.2 Å². The summed E-state index contributed by atoms with van der Waals surface area (Å²) >= 11 is 1.35. The quantitative estimate of drug-likeness (QED) is 0.501. The molecule has 2 aromatic carbocycles. The van der Waals surface area contributed by atoms with Gasteiger partial charge in [0.05, 0.1) is 10.2 Å². The third-order valence-corrected chi connectivity index (χ3v) is 5.76. The van der Waals surface area contributed by atoms with Gasteiger partial charge in [-0.25, -0.2) is 13.8 Å². The van der Waals surface area contributed by atoms with Crippen LogP contribution in [0.2, 0.25) is 0 Å². The van der Waals surface area contributed by atoms with E-state index in [2.05, 4.69) is 9.88 Å². The molecule has 8 heteroatoms. The number of hydrogen-bond donors (Lipinski definition) is 0. The lowest BCUT2D eigenvalue weighted by atomic mass is 10.1. The molecule has 0 N–H and O–H groups in total. The Bertz CT molecular complexity index is 971. The van der Waals surface area contributed by atoms with Gasteiger partial charge < -0.3 is 4.90 Å². The number of anilines is 1. The number of nitrogens with zero attached hydrogens (tertiary/aromatic N) is 3. The standard InChI is InChI=1S/C21H23F2N3OS.ClH/c1-4-25(5-2)11-12-26(20(27)19-15(22)7-6-8-16(19)23)21-24-17-10-9-14(3)13-18(17)28-21;/h6-10,13H,4-5,11-12H2,1-3H3;1H. The Balaban J connectivity index is 0.00000300. The van der Waals surface area contributed by atoms with E-state index in [0.29, 0.717) is 18.2 Å². The molecule has 1 amide bonds. The van der Waals surface area contributed by atoms with Crippen LogP contribution in [0.15, 0.2) is 36.4 Å². The molecule has 156 valence electrons. The highest BCUT2D eigenvalue weighted by Gasteiger charge is 2.26. The highest BCUT2D eigenvalue weighted by molar-refractivity contribution is 7.22. The number of carbonyl (C=O) groups is 1. The van der Waals surface area contributed by atoms with Crippen LogP contribution in [0.5, 0.6) is 0 Å². The van der Waals surface area contributed by atoms with Crippen LogP contribution in [0, 0.1) is 18.6 Å². The summed E-state index contributed by atoms with van der Waals surface area (Å²) < 4.78 is 29.4. The molecule has 1 aromatic heterocycles. The van der Waals surface area contributed by atoms with Gasteiger partial charge in [0, 0.05) is 13.1 Å². The number of aromatic nitrogens is 1. The molecular formula is C21H24ClF2N3OS. The maximum Gasteiger partial charge on any atom is 0.266 e. The summed E-state index contributed by atoms with van der Waals surface area (Å²) in [5.41, 5.74) is 1.31. The van der Waals surface area contributed by atoms with E-state index in [1.54, 1.807) is 0 Å². The van der Waals surface area contributed by atoms with E-state index in [1.165, 1.54) is 22.3 Å². The fraction of sp³-hybridized carbons (Fsp3) is 0.333. The zero-order chi connectivity index (χ0) is 20.3. The van der Waals surface area contributed by atoms with E-state index >= 15 is 0 Å². The first-order valence-corrected chi connectivity index (χ1v) is 10.1. The number of rotatable bonds is 7. The minimum atomic E-state index is -0.866. The van der Waals surface area contributed by atoms with Crippen LogP contribution in [-0.4, -0.2) is 42.0 Å².